The van der Waals surface area contributed by atoms with Gasteiger partial charge in [-0.25, -0.2) is 4.79 Å². The third-order valence-corrected chi connectivity index (χ3v) is 1.82. The van der Waals surface area contributed by atoms with Crippen LogP contribution in [-0.4, -0.2) is 13.3 Å². The van der Waals surface area contributed by atoms with E-state index in [-0.39, 0.29) is 0 Å². The smallest absolute Gasteiger partial charge is 0.399 e. The lowest BCUT2D eigenvalue weighted by Gasteiger charge is -2.14. The number of ether oxygens (including phenoxy) is 2. The summed E-state index contributed by atoms with van der Waals surface area (Å²) in [5.74, 6) is 0. The molecule has 4 nitrogen and oxygen atoms in total. The number of hydrogen-bond donors (Lipinski definition) is 0. The molecule has 14 heavy (non-hydrogen) atoms. The number of rotatable bonds is 3. The quantitative estimate of drug-likeness (QED) is 0.620. The van der Waals surface area contributed by atoms with Crippen LogP contribution in [0.4, 0.5) is 4.79 Å². The van der Waals surface area contributed by atoms with E-state index in [1.807, 2.05) is 18.2 Å². The van der Waals surface area contributed by atoms with Crippen LogP contribution in [-0.2, 0) is 13.3 Å². The molecule has 1 aromatic rings. The lowest BCUT2D eigenvalue weighted by Crippen LogP contribution is -2.11. The summed E-state index contributed by atoms with van der Waals surface area (Å²) in [6.07, 6.45) is -1.60. The molecule has 0 N–H and O–H groups in total. The summed E-state index contributed by atoms with van der Waals surface area (Å²) in [4.78, 5) is 10.8. The third kappa shape index (κ3) is 3.01. The SMILES string of the molecule is COC(OC(=O)OBr)c1ccccc1. The highest BCUT2D eigenvalue weighted by atomic mass is 79.9. The van der Waals surface area contributed by atoms with Crippen molar-refractivity contribution < 1.29 is 18.1 Å². The Morgan fingerprint density at radius 2 is 2.00 bits per heavy atom. The van der Waals surface area contributed by atoms with Gasteiger partial charge in [-0.3, -0.25) is 0 Å². The molecule has 0 aliphatic carbocycles. The average molecular weight is 261 g/mol. The summed E-state index contributed by atoms with van der Waals surface area (Å²) in [6.45, 7) is 0. The number of halogens is 1. The van der Waals surface area contributed by atoms with Gasteiger partial charge < -0.3 is 13.3 Å². The fourth-order valence-electron chi connectivity index (χ4n) is 0.968. The molecule has 0 saturated carbocycles. The first-order valence-corrected chi connectivity index (χ1v) is 4.49. The van der Waals surface area contributed by atoms with Gasteiger partial charge in [-0.05, 0) is 0 Å². The van der Waals surface area contributed by atoms with Crippen LogP contribution in [0.25, 0.3) is 0 Å². The normalized spacial score (nSPS) is 11.9. The summed E-state index contributed by atoms with van der Waals surface area (Å²) < 4.78 is 13.9. The molecule has 0 fully saturated rings. The minimum Gasteiger partial charge on any atom is -0.399 e. The molecule has 0 aliphatic heterocycles. The summed E-state index contributed by atoms with van der Waals surface area (Å²) in [5, 5.41) is 0. The van der Waals surface area contributed by atoms with Crippen molar-refractivity contribution in [2.75, 3.05) is 7.11 Å². The number of methoxy groups -OCH3 is 1. The van der Waals surface area contributed by atoms with E-state index in [9.17, 15) is 4.79 Å². The van der Waals surface area contributed by atoms with E-state index < -0.39 is 12.4 Å². The Morgan fingerprint density at radius 1 is 1.36 bits per heavy atom. The van der Waals surface area contributed by atoms with Gasteiger partial charge in [0, 0.05) is 12.7 Å². The van der Waals surface area contributed by atoms with Crippen LogP contribution in [0, 0.1) is 0 Å². The van der Waals surface area contributed by atoms with Crippen molar-refractivity contribution in [3.63, 3.8) is 0 Å². The molecular weight excluding hydrogens is 252 g/mol. The average Bonchev–Trinajstić information content (AvgIpc) is 2.26. The highest BCUT2D eigenvalue weighted by Crippen LogP contribution is 2.18. The summed E-state index contributed by atoms with van der Waals surface area (Å²) in [7, 11) is 1.44. The fourth-order valence-corrected chi connectivity index (χ4v) is 1.04. The summed E-state index contributed by atoms with van der Waals surface area (Å²) in [6, 6.07) is 9.08. The minimum atomic E-state index is -0.847. The second-order valence-electron chi connectivity index (χ2n) is 2.42. The van der Waals surface area contributed by atoms with Gasteiger partial charge in [0.2, 0.25) is 6.29 Å². The summed E-state index contributed by atoms with van der Waals surface area (Å²) >= 11 is 2.51. The number of hydrogen-bond acceptors (Lipinski definition) is 4. The van der Waals surface area contributed by atoms with E-state index in [1.54, 1.807) is 12.1 Å². The maximum atomic E-state index is 10.8. The largest absolute Gasteiger partial charge is 0.522 e. The van der Waals surface area contributed by atoms with E-state index >= 15 is 0 Å². The zero-order valence-electron chi connectivity index (χ0n) is 7.48. The van der Waals surface area contributed by atoms with Gasteiger partial charge >= 0.3 is 6.16 Å². The van der Waals surface area contributed by atoms with E-state index in [0.29, 0.717) is 0 Å². The molecular formula is C9H9BrO4. The predicted molar refractivity (Wildman–Crippen MR) is 52.7 cm³/mol. The Labute approximate surface area is 90.2 Å². The van der Waals surface area contributed by atoms with Gasteiger partial charge in [-0.15, -0.1) is 0 Å². The first-order chi connectivity index (χ1) is 6.77. The Hall–Kier alpha value is -1.07. The molecule has 0 spiro atoms. The molecule has 1 unspecified atom stereocenters. The van der Waals surface area contributed by atoms with E-state index in [1.165, 1.54) is 7.11 Å². The number of carbonyl (C=O) groups is 1. The maximum absolute atomic E-state index is 10.8. The molecule has 0 bridgehead atoms. The molecule has 0 saturated heterocycles. The molecule has 76 valence electrons. The van der Waals surface area contributed by atoms with Crippen LogP contribution in [0.15, 0.2) is 30.3 Å². The van der Waals surface area contributed by atoms with Crippen molar-refractivity contribution in [2.24, 2.45) is 0 Å². The van der Waals surface area contributed by atoms with Gasteiger partial charge in [0.15, 0.2) is 16.3 Å². The molecule has 0 aliphatic rings. The lowest BCUT2D eigenvalue weighted by atomic mass is 10.2. The third-order valence-electron chi connectivity index (χ3n) is 1.55. The second-order valence-corrected chi connectivity index (χ2v) is 2.75. The van der Waals surface area contributed by atoms with Crippen LogP contribution in [0.1, 0.15) is 11.9 Å². The number of carbonyl (C=O) groups excluding carboxylic acids is 1. The highest BCUT2D eigenvalue weighted by Gasteiger charge is 2.15. The van der Waals surface area contributed by atoms with Crippen molar-refractivity contribution in [2.45, 2.75) is 6.29 Å². The molecule has 5 heteroatoms. The van der Waals surface area contributed by atoms with Gasteiger partial charge in [0.05, 0.1) is 0 Å². The highest BCUT2D eigenvalue weighted by molar-refractivity contribution is 9.06. The standard InChI is InChI=1S/C9H9BrO4/c1-12-8(13-9(11)14-10)7-5-3-2-4-6-7/h2-6,8H,1H3. The van der Waals surface area contributed by atoms with Crippen molar-refractivity contribution in [3.05, 3.63) is 35.9 Å². The second kappa shape index (κ2) is 5.62. The minimum absolute atomic E-state index is 0.743. The van der Waals surface area contributed by atoms with Crippen molar-refractivity contribution in [1.29, 1.82) is 0 Å². The van der Waals surface area contributed by atoms with E-state index in [2.05, 4.69) is 20.1 Å². The Bertz CT molecular complexity index is 288. The maximum Gasteiger partial charge on any atom is 0.522 e. The monoisotopic (exact) mass is 260 g/mol. The van der Waals surface area contributed by atoms with Gasteiger partial charge in [-0.1, -0.05) is 30.3 Å². The molecule has 0 radical (unpaired) electrons. The summed E-state index contributed by atoms with van der Waals surface area (Å²) in [5.41, 5.74) is 0.743. The van der Waals surface area contributed by atoms with Crippen LogP contribution in [0.2, 0.25) is 0 Å². The number of benzene rings is 1. The molecule has 1 atom stereocenters. The molecule has 0 amide bonds. The van der Waals surface area contributed by atoms with Crippen LogP contribution < -0.4 is 0 Å². The molecule has 0 aromatic heterocycles. The zero-order valence-corrected chi connectivity index (χ0v) is 9.06. The Kier molecular flexibility index (Phi) is 4.42. The van der Waals surface area contributed by atoms with Gasteiger partial charge in [0.25, 0.3) is 0 Å². The molecule has 1 aromatic carbocycles. The van der Waals surface area contributed by atoms with Gasteiger partial charge in [0.1, 0.15) is 0 Å². The molecule has 1 rings (SSSR count). The lowest BCUT2D eigenvalue weighted by molar-refractivity contribution is -0.0947. The Balaban J connectivity index is 2.68. The van der Waals surface area contributed by atoms with Crippen LogP contribution >= 0.6 is 16.3 Å². The first kappa shape index (κ1) is 11.0. The van der Waals surface area contributed by atoms with Gasteiger partial charge in [-0.2, -0.15) is 0 Å². The molecule has 0 heterocycles. The van der Waals surface area contributed by atoms with Crippen molar-refractivity contribution in [1.82, 2.24) is 0 Å². The predicted octanol–water partition coefficient (Wildman–Crippen LogP) is 2.79. The van der Waals surface area contributed by atoms with Crippen molar-refractivity contribution in [3.8, 4) is 0 Å². The van der Waals surface area contributed by atoms with Crippen molar-refractivity contribution >= 4 is 22.4 Å². The zero-order chi connectivity index (χ0) is 10.4. The van der Waals surface area contributed by atoms with E-state index in [0.717, 1.165) is 5.56 Å². The van der Waals surface area contributed by atoms with E-state index in [4.69, 9.17) is 9.47 Å². The fraction of sp³-hybridized carbons (Fsp3) is 0.222. The topological polar surface area (TPSA) is 44.8 Å². The Morgan fingerprint density at radius 3 is 2.50 bits per heavy atom. The van der Waals surface area contributed by atoms with Crippen LogP contribution in [0.3, 0.4) is 0 Å². The van der Waals surface area contributed by atoms with Crippen LogP contribution in [0.5, 0.6) is 0 Å². The first-order valence-electron chi connectivity index (χ1n) is 3.85.